The summed E-state index contributed by atoms with van der Waals surface area (Å²) in [6.07, 6.45) is 0.526. The van der Waals surface area contributed by atoms with Crippen LogP contribution in [0.15, 0.2) is 40.9 Å². The van der Waals surface area contributed by atoms with Crippen LogP contribution in [0.1, 0.15) is 17.8 Å². The highest BCUT2D eigenvalue weighted by Gasteiger charge is 2.23. The van der Waals surface area contributed by atoms with Crippen molar-refractivity contribution in [3.8, 4) is 11.4 Å². The second kappa shape index (κ2) is 6.39. The minimum atomic E-state index is -0.813. The predicted molar refractivity (Wildman–Crippen MR) is 89.0 cm³/mol. The maximum Gasteiger partial charge on any atom is 0.324 e. The molecule has 128 valence electrons. The van der Waals surface area contributed by atoms with Crippen molar-refractivity contribution >= 4 is 12.0 Å². The Bertz CT molecular complexity index is 887. The zero-order valence-corrected chi connectivity index (χ0v) is 13.5. The number of rotatable bonds is 5. The summed E-state index contributed by atoms with van der Waals surface area (Å²) in [7, 11) is 0. The molecule has 4 rings (SSSR count). The lowest BCUT2D eigenvalue weighted by Gasteiger charge is -2.25. The van der Waals surface area contributed by atoms with E-state index in [9.17, 15) is 4.79 Å². The summed E-state index contributed by atoms with van der Waals surface area (Å²) in [5, 5.41) is 17.3. The number of aliphatic carboxylic acids is 1. The Labute approximate surface area is 143 Å². The van der Waals surface area contributed by atoms with Crippen LogP contribution in [0.3, 0.4) is 0 Å². The van der Waals surface area contributed by atoms with Gasteiger partial charge < -0.3 is 14.5 Å². The van der Waals surface area contributed by atoms with Crippen molar-refractivity contribution in [3.63, 3.8) is 0 Å². The molecule has 1 aliphatic heterocycles. The molecule has 0 atom stereocenters. The van der Waals surface area contributed by atoms with Gasteiger partial charge in [-0.1, -0.05) is 35.5 Å². The molecule has 1 aliphatic rings. The zero-order chi connectivity index (χ0) is 17.2. The number of hydrogen-bond donors (Lipinski definition) is 1. The van der Waals surface area contributed by atoms with Gasteiger partial charge in [-0.25, -0.2) is 0 Å². The van der Waals surface area contributed by atoms with Crippen molar-refractivity contribution in [1.82, 2.24) is 19.9 Å². The number of benzene rings is 1. The molecule has 0 fully saturated rings. The van der Waals surface area contributed by atoms with Gasteiger partial charge in [-0.3, -0.25) is 9.48 Å². The number of aromatic nitrogens is 4. The average Bonchev–Trinajstić information content (AvgIpc) is 3.27. The third-order valence-electron chi connectivity index (χ3n) is 4.16. The number of nitrogens with zero attached hydrogens (tertiary/aromatic N) is 5. The summed E-state index contributed by atoms with van der Waals surface area (Å²) >= 11 is 0. The predicted octanol–water partition coefficient (Wildman–Crippen LogP) is 1.97. The molecule has 2 aromatic heterocycles. The van der Waals surface area contributed by atoms with E-state index >= 15 is 0 Å². The molecule has 0 aliphatic carbocycles. The Morgan fingerprint density at radius 1 is 1.24 bits per heavy atom. The van der Waals surface area contributed by atoms with Crippen molar-refractivity contribution in [2.75, 3.05) is 11.4 Å². The molecule has 0 saturated heterocycles. The number of hydrogen-bond acceptors (Lipinski definition) is 6. The molecule has 0 amide bonds. The van der Waals surface area contributed by atoms with Gasteiger partial charge in [-0.05, 0) is 6.07 Å². The molecule has 1 aromatic carbocycles. The summed E-state index contributed by atoms with van der Waals surface area (Å²) < 4.78 is 7.34. The maximum absolute atomic E-state index is 10.7. The Hall–Kier alpha value is -3.16. The minimum Gasteiger partial charge on any atom is -0.481 e. The number of carbonyl (C=O) groups is 1. The Morgan fingerprint density at radius 2 is 2.08 bits per heavy atom. The highest BCUT2D eigenvalue weighted by atomic mass is 16.5. The lowest BCUT2D eigenvalue weighted by Crippen LogP contribution is -2.34. The highest BCUT2D eigenvalue weighted by molar-refractivity contribution is 5.67. The first-order valence-electron chi connectivity index (χ1n) is 8.10. The minimum absolute atomic E-state index is 0.0876. The number of fused-ring (bicyclic) bond motifs is 1. The van der Waals surface area contributed by atoms with E-state index in [1.54, 1.807) is 0 Å². The van der Waals surface area contributed by atoms with Gasteiger partial charge in [0, 0.05) is 18.5 Å². The summed E-state index contributed by atoms with van der Waals surface area (Å²) in [6, 6.07) is 12.1. The van der Waals surface area contributed by atoms with E-state index < -0.39 is 5.97 Å². The lowest BCUT2D eigenvalue weighted by atomic mass is 10.2. The van der Waals surface area contributed by atoms with E-state index in [-0.39, 0.29) is 6.42 Å². The van der Waals surface area contributed by atoms with Crippen molar-refractivity contribution < 1.29 is 14.4 Å². The molecule has 8 heteroatoms. The van der Waals surface area contributed by atoms with Gasteiger partial charge in [-0.15, -0.1) is 0 Å². The van der Waals surface area contributed by atoms with Gasteiger partial charge in [0.1, 0.15) is 0 Å². The summed E-state index contributed by atoms with van der Waals surface area (Å²) in [6.45, 7) is 2.02. The van der Waals surface area contributed by atoms with E-state index in [1.165, 1.54) is 0 Å². The summed E-state index contributed by atoms with van der Waals surface area (Å²) in [4.78, 5) is 17.2. The molecule has 0 unspecified atom stereocenters. The van der Waals surface area contributed by atoms with Crippen molar-refractivity contribution in [3.05, 3.63) is 47.8 Å². The smallest absolute Gasteiger partial charge is 0.324 e. The average molecular weight is 339 g/mol. The molecular weight excluding hydrogens is 322 g/mol. The molecule has 3 heterocycles. The van der Waals surface area contributed by atoms with E-state index in [2.05, 4.69) is 15.2 Å². The van der Waals surface area contributed by atoms with Gasteiger partial charge in [0.15, 0.2) is 0 Å². The fraction of sp³-hybridized carbons (Fsp3) is 0.294. The first kappa shape index (κ1) is 15.4. The molecule has 0 radical (unpaired) electrons. The second-order valence-corrected chi connectivity index (χ2v) is 5.93. The number of carboxylic acid groups (broad SMARTS) is 1. The molecule has 8 nitrogen and oxygen atoms in total. The standard InChI is InChI=1S/C17H17N5O3/c23-15(24)7-6-13-10-14-11-21(8-9-22(14)19-13)17-18-16(20-25-17)12-4-2-1-3-5-12/h1-5,10H,6-9,11H2,(H,23,24). The maximum atomic E-state index is 10.7. The van der Waals surface area contributed by atoms with Crippen molar-refractivity contribution in [2.45, 2.75) is 25.9 Å². The van der Waals surface area contributed by atoms with Crippen LogP contribution in [-0.4, -0.2) is 37.5 Å². The Kier molecular flexibility index (Phi) is 3.93. The van der Waals surface area contributed by atoms with E-state index in [4.69, 9.17) is 9.63 Å². The van der Waals surface area contributed by atoms with Crippen LogP contribution in [0.2, 0.25) is 0 Å². The van der Waals surface area contributed by atoms with E-state index in [0.717, 1.165) is 17.0 Å². The van der Waals surface area contributed by atoms with Crippen LogP contribution in [0, 0.1) is 0 Å². The summed E-state index contributed by atoms with van der Waals surface area (Å²) in [5.41, 5.74) is 2.73. The summed E-state index contributed by atoms with van der Waals surface area (Å²) in [5.74, 6) is -0.247. The van der Waals surface area contributed by atoms with Gasteiger partial charge >= 0.3 is 12.0 Å². The molecular formula is C17H17N5O3. The quantitative estimate of drug-likeness (QED) is 0.759. The molecule has 0 bridgehead atoms. The van der Waals surface area contributed by atoms with Crippen molar-refractivity contribution in [2.24, 2.45) is 0 Å². The molecule has 0 saturated carbocycles. The zero-order valence-electron chi connectivity index (χ0n) is 13.5. The Balaban J connectivity index is 1.49. The van der Waals surface area contributed by atoms with Crippen LogP contribution in [0.4, 0.5) is 6.01 Å². The highest BCUT2D eigenvalue weighted by Crippen LogP contribution is 2.23. The van der Waals surface area contributed by atoms with Crippen LogP contribution >= 0.6 is 0 Å². The van der Waals surface area contributed by atoms with Gasteiger partial charge in [0.25, 0.3) is 0 Å². The first-order valence-corrected chi connectivity index (χ1v) is 8.10. The fourth-order valence-corrected chi connectivity index (χ4v) is 2.89. The monoisotopic (exact) mass is 339 g/mol. The SMILES string of the molecule is O=C(O)CCc1cc2n(n1)CCN(c1nc(-c3ccccc3)no1)C2. The number of anilines is 1. The first-order chi connectivity index (χ1) is 12.2. The molecule has 25 heavy (non-hydrogen) atoms. The van der Waals surface area contributed by atoms with Gasteiger partial charge in [0.2, 0.25) is 5.82 Å². The number of aryl methyl sites for hydroxylation is 1. The second-order valence-electron chi connectivity index (χ2n) is 5.93. The topological polar surface area (TPSA) is 97.3 Å². The van der Waals surface area contributed by atoms with Crippen LogP contribution in [0.25, 0.3) is 11.4 Å². The van der Waals surface area contributed by atoms with Gasteiger partial charge in [0.05, 0.1) is 30.9 Å². The normalized spacial score (nSPS) is 13.7. The lowest BCUT2D eigenvalue weighted by molar-refractivity contribution is -0.136. The van der Waals surface area contributed by atoms with Crippen molar-refractivity contribution in [1.29, 1.82) is 0 Å². The van der Waals surface area contributed by atoms with Crippen LogP contribution in [0.5, 0.6) is 0 Å². The molecule has 0 spiro atoms. The fourth-order valence-electron chi connectivity index (χ4n) is 2.89. The van der Waals surface area contributed by atoms with Gasteiger partial charge in [-0.2, -0.15) is 10.1 Å². The Morgan fingerprint density at radius 3 is 2.88 bits per heavy atom. The van der Waals surface area contributed by atoms with Crippen LogP contribution < -0.4 is 4.90 Å². The van der Waals surface area contributed by atoms with E-state index in [0.29, 0.717) is 37.9 Å². The van der Waals surface area contributed by atoms with E-state index in [1.807, 2.05) is 46.0 Å². The molecule has 1 N–H and O–H groups in total. The third-order valence-corrected chi connectivity index (χ3v) is 4.16. The largest absolute Gasteiger partial charge is 0.481 e. The molecule has 3 aromatic rings. The van der Waals surface area contributed by atoms with Crippen LogP contribution in [-0.2, 0) is 24.3 Å². The number of carboxylic acids is 1. The third kappa shape index (κ3) is 3.23.